The third-order valence-electron chi connectivity index (χ3n) is 4.18. The fraction of sp³-hybridized carbons (Fsp3) is 0.412. The van der Waals surface area contributed by atoms with E-state index in [2.05, 4.69) is 15.6 Å². The van der Waals surface area contributed by atoms with Crippen molar-refractivity contribution in [1.82, 2.24) is 20.5 Å². The first-order valence-electron chi connectivity index (χ1n) is 8.26. The lowest BCUT2D eigenvalue weighted by Gasteiger charge is -2.35. The number of piperazine rings is 1. The molecule has 1 aliphatic rings. The first-order valence-corrected chi connectivity index (χ1v) is 8.26. The molecule has 2 N–H and O–H groups in total. The van der Waals surface area contributed by atoms with E-state index < -0.39 is 24.7 Å². The Morgan fingerprint density at radius 2 is 1.93 bits per heavy atom. The van der Waals surface area contributed by atoms with Gasteiger partial charge in [-0.25, -0.2) is 4.98 Å². The summed E-state index contributed by atoms with van der Waals surface area (Å²) in [5.41, 5.74) is 0.630. The summed E-state index contributed by atoms with van der Waals surface area (Å²) < 4.78 is 45.3. The molecule has 1 aromatic heterocycles. The summed E-state index contributed by atoms with van der Waals surface area (Å²) in [6.07, 6.45) is -3.28. The van der Waals surface area contributed by atoms with Gasteiger partial charge in [-0.1, -0.05) is 18.2 Å². The van der Waals surface area contributed by atoms with Crippen molar-refractivity contribution >= 4 is 18.3 Å². The zero-order valence-electron chi connectivity index (χ0n) is 14.3. The van der Waals surface area contributed by atoms with Crippen LogP contribution in [0, 0.1) is 0 Å². The number of nitrogens with one attached hydrogen (secondary N) is 2. The molecule has 0 spiro atoms. The van der Waals surface area contributed by atoms with Crippen molar-refractivity contribution in [3.05, 3.63) is 42.3 Å². The Labute approximate surface area is 160 Å². The molecular formula is C17H20ClF3N4O2. The lowest BCUT2D eigenvalue weighted by molar-refractivity contribution is -0.183. The summed E-state index contributed by atoms with van der Waals surface area (Å²) in [5.74, 6) is -0.453. The summed E-state index contributed by atoms with van der Waals surface area (Å²) in [6, 6.07) is 7.21. The van der Waals surface area contributed by atoms with E-state index >= 15 is 0 Å². The highest BCUT2D eigenvalue weighted by Gasteiger charge is 2.43. The van der Waals surface area contributed by atoms with Crippen LogP contribution in [0.25, 0.3) is 11.5 Å². The quantitative estimate of drug-likeness (QED) is 0.800. The molecular weight excluding hydrogens is 385 g/mol. The molecule has 2 aromatic rings. The standard InChI is InChI=1S/C17H19F3N4O2.ClH/c18-17(19,20)14(24-8-6-21-7-9-24)10-22-15(25)13-11-26-16(23-13)12-4-2-1-3-5-12;/h1-5,11,14,21H,6-10H2,(H,22,25);1H. The largest absolute Gasteiger partial charge is 0.444 e. The zero-order chi connectivity index (χ0) is 18.6. The number of hydrogen-bond acceptors (Lipinski definition) is 5. The Kier molecular flexibility index (Phi) is 7.23. The Hall–Kier alpha value is -2.10. The van der Waals surface area contributed by atoms with Crippen molar-refractivity contribution < 1.29 is 22.4 Å². The highest BCUT2D eigenvalue weighted by Crippen LogP contribution is 2.25. The normalized spacial score (nSPS) is 16.4. The fourth-order valence-electron chi connectivity index (χ4n) is 2.82. The van der Waals surface area contributed by atoms with Crippen LogP contribution in [0.3, 0.4) is 0 Å². The summed E-state index contributed by atoms with van der Waals surface area (Å²) in [5, 5.41) is 5.34. The van der Waals surface area contributed by atoms with Crippen LogP contribution < -0.4 is 10.6 Å². The van der Waals surface area contributed by atoms with E-state index in [-0.39, 0.29) is 37.1 Å². The van der Waals surface area contributed by atoms with Gasteiger partial charge >= 0.3 is 6.18 Å². The van der Waals surface area contributed by atoms with E-state index in [9.17, 15) is 18.0 Å². The second-order valence-corrected chi connectivity index (χ2v) is 5.96. The predicted octanol–water partition coefficient (Wildman–Crippen LogP) is 2.33. The monoisotopic (exact) mass is 404 g/mol. The molecule has 0 radical (unpaired) electrons. The molecule has 0 aliphatic carbocycles. The van der Waals surface area contributed by atoms with Gasteiger partial charge in [0.25, 0.3) is 5.91 Å². The van der Waals surface area contributed by atoms with Crippen molar-refractivity contribution in [3.63, 3.8) is 0 Å². The first kappa shape index (κ1) is 21.2. The minimum Gasteiger partial charge on any atom is -0.444 e. The fourth-order valence-corrected chi connectivity index (χ4v) is 2.82. The molecule has 3 rings (SSSR count). The molecule has 1 aromatic carbocycles. The third kappa shape index (κ3) is 5.44. The maximum absolute atomic E-state index is 13.3. The van der Waals surface area contributed by atoms with Gasteiger partial charge in [0.15, 0.2) is 5.69 Å². The number of aromatic nitrogens is 1. The van der Waals surface area contributed by atoms with Crippen molar-refractivity contribution in [2.24, 2.45) is 0 Å². The molecule has 27 heavy (non-hydrogen) atoms. The summed E-state index contributed by atoms with van der Waals surface area (Å²) in [6.45, 7) is 1.01. The Morgan fingerprint density at radius 3 is 2.56 bits per heavy atom. The SMILES string of the molecule is Cl.O=C(NCC(N1CCNCC1)C(F)(F)F)c1coc(-c2ccccc2)n1. The van der Waals surface area contributed by atoms with Gasteiger partial charge in [-0.3, -0.25) is 9.69 Å². The molecule has 148 valence electrons. The number of carbonyl (C=O) groups is 1. The van der Waals surface area contributed by atoms with Gasteiger partial charge in [0.2, 0.25) is 5.89 Å². The molecule has 1 saturated heterocycles. The van der Waals surface area contributed by atoms with Gasteiger partial charge < -0.3 is 15.1 Å². The second kappa shape index (κ2) is 9.20. The van der Waals surface area contributed by atoms with Gasteiger partial charge in [0.05, 0.1) is 0 Å². The summed E-state index contributed by atoms with van der Waals surface area (Å²) in [7, 11) is 0. The van der Waals surface area contributed by atoms with Gasteiger partial charge in [-0.15, -0.1) is 12.4 Å². The molecule has 0 bridgehead atoms. The third-order valence-corrected chi connectivity index (χ3v) is 4.18. The number of alkyl halides is 3. The molecule has 1 aliphatic heterocycles. The number of amides is 1. The van der Waals surface area contributed by atoms with Crippen LogP contribution in [0.2, 0.25) is 0 Å². The molecule has 1 atom stereocenters. The number of oxazole rings is 1. The van der Waals surface area contributed by atoms with Crippen LogP contribution in [-0.2, 0) is 0 Å². The second-order valence-electron chi connectivity index (χ2n) is 5.96. The van der Waals surface area contributed by atoms with E-state index in [1.54, 1.807) is 24.3 Å². The molecule has 0 saturated carbocycles. The average Bonchev–Trinajstić information content (AvgIpc) is 3.12. The minimum atomic E-state index is -4.43. The van der Waals surface area contributed by atoms with Gasteiger partial charge in [0, 0.05) is 38.3 Å². The first-order chi connectivity index (χ1) is 12.4. The Morgan fingerprint density at radius 1 is 1.26 bits per heavy atom. The molecule has 2 heterocycles. The van der Waals surface area contributed by atoms with E-state index in [1.807, 2.05) is 6.07 Å². The number of benzene rings is 1. The molecule has 1 unspecified atom stereocenters. The van der Waals surface area contributed by atoms with E-state index in [0.29, 0.717) is 18.7 Å². The zero-order valence-corrected chi connectivity index (χ0v) is 15.1. The lowest BCUT2D eigenvalue weighted by Crippen LogP contribution is -2.57. The topological polar surface area (TPSA) is 70.4 Å². The van der Waals surface area contributed by atoms with Gasteiger partial charge in [0.1, 0.15) is 12.3 Å². The van der Waals surface area contributed by atoms with E-state index in [4.69, 9.17) is 4.42 Å². The highest BCUT2D eigenvalue weighted by atomic mass is 35.5. The number of nitrogens with zero attached hydrogens (tertiary/aromatic N) is 2. The van der Waals surface area contributed by atoms with Crippen LogP contribution in [-0.4, -0.2) is 60.7 Å². The van der Waals surface area contributed by atoms with Crippen LogP contribution >= 0.6 is 12.4 Å². The van der Waals surface area contributed by atoms with Gasteiger partial charge in [-0.05, 0) is 12.1 Å². The van der Waals surface area contributed by atoms with Crippen molar-refractivity contribution in [1.29, 1.82) is 0 Å². The average molecular weight is 405 g/mol. The van der Waals surface area contributed by atoms with E-state index in [0.717, 1.165) is 6.26 Å². The maximum Gasteiger partial charge on any atom is 0.405 e. The summed E-state index contributed by atoms with van der Waals surface area (Å²) >= 11 is 0. The molecule has 1 fully saturated rings. The lowest BCUT2D eigenvalue weighted by atomic mass is 10.2. The molecule has 1 amide bonds. The maximum atomic E-state index is 13.3. The number of carbonyl (C=O) groups excluding carboxylic acids is 1. The summed E-state index contributed by atoms with van der Waals surface area (Å²) in [4.78, 5) is 17.5. The van der Waals surface area contributed by atoms with Gasteiger partial charge in [-0.2, -0.15) is 13.2 Å². The number of halogens is 4. The smallest absolute Gasteiger partial charge is 0.405 e. The highest BCUT2D eigenvalue weighted by molar-refractivity contribution is 5.92. The van der Waals surface area contributed by atoms with Crippen LogP contribution in [0.15, 0.2) is 41.0 Å². The number of rotatable bonds is 5. The van der Waals surface area contributed by atoms with E-state index in [1.165, 1.54) is 4.90 Å². The number of hydrogen-bond donors (Lipinski definition) is 2. The molecule has 6 nitrogen and oxygen atoms in total. The van der Waals surface area contributed by atoms with Crippen molar-refractivity contribution in [3.8, 4) is 11.5 Å². The molecule has 10 heteroatoms. The van der Waals surface area contributed by atoms with Crippen molar-refractivity contribution in [2.75, 3.05) is 32.7 Å². The van der Waals surface area contributed by atoms with Crippen LogP contribution in [0.1, 0.15) is 10.5 Å². The minimum absolute atomic E-state index is 0. The predicted molar refractivity (Wildman–Crippen MR) is 95.8 cm³/mol. The van der Waals surface area contributed by atoms with Crippen molar-refractivity contribution in [2.45, 2.75) is 12.2 Å². The van der Waals surface area contributed by atoms with Crippen LogP contribution in [0.5, 0.6) is 0 Å². The Balaban J connectivity index is 0.00000261. The van der Waals surface area contributed by atoms with Crippen LogP contribution in [0.4, 0.5) is 13.2 Å². The Bertz CT molecular complexity index is 733.